The summed E-state index contributed by atoms with van der Waals surface area (Å²) in [5, 5.41) is 1.83. The molecule has 134 valence electrons. The molecule has 0 spiro atoms. The lowest BCUT2D eigenvalue weighted by Crippen LogP contribution is -2.17. The van der Waals surface area contributed by atoms with Gasteiger partial charge >= 0.3 is 0 Å². The number of thioether (sulfide) groups is 1. The van der Waals surface area contributed by atoms with Crippen LogP contribution in [0.4, 0.5) is 9.18 Å². The zero-order valence-electron chi connectivity index (χ0n) is 14.0. The highest BCUT2D eigenvalue weighted by atomic mass is 32.2. The highest BCUT2D eigenvalue weighted by molar-refractivity contribution is 8.18. The van der Waals surface area contributed by atoms with Crippen LogP contribution < -0.4 is 14.8 Å². The number of carbonyl (C=O) groups excluding carboxylic acids is 2. The number of hydrogen-bond acceptors (Lipinski definition) is 5. The second kappa shape index (κ2) is 8.05. The third kappa shape index (κ3) is 4.43. The number of carbonyl (C=O) groups is 2. The molecule has 1 N–H and O–H groups in total. The molecule has 0 atom stereocenters. The Morgan fingerprint density at radius 3 is 2.50 bits per heavy atom. The van der Waals surface area contributed by atoms with E-state index in [0.29, 0.717) is 23.0 Å². The van der Waals surface area contributed by atoms with Crippen LogP contribution in [0.2, 0.25) is 0 Å². The molecule has 0 saturated carbocycles. The molecule has 0 unspecified atom stereocenters. The van der Waals surface area contributed by atoms with Crippen molar-refractivity contribution in [2.45, 2.75) is 13.5 Å². The van der Waals surface area contributed by atoms with Gasteiger partial charge in [-0.2, -0.15) is 0 Å². The van der Waals surface area contributed by atoms with Crippen LogP contribution in [0.5, 0.6) is 11.5 Å². The Hall–Kier alpha value is -2.80. The Balaban J connectivity index is 1.78. The van der Waals surface area contributed by atoms with Crippen LogP contribution in [0, 0.1) is 5.82 Å². The van der Waals surface area contributed by atoms with Gasteiger partial charge in [0, 0.05) is 0 Å². The van der Waals surface area contributed by atoms with E-state index >= 15 is 0 Å². The standard InChI is InChI=1S/C19H16FNO4S/c1-2-24-16-9-13(10-17-18(22)21-19(23)26-17)5-8-15(16)25-11-12-3-6-14(20)7-4-12/h3-10H,2,11H2,1H3,(H,21,22,23)/b17-10-. The number of imide groups is 1. The summed E-state index contributed by atoms with van der Waals surface area (Å²) in [5.41, 5.74) is 1.55. The van der Waals surface area contributed by atoms with Crippen molar-refractivity contribution in [3.05, 3.63) is 64.3 Å². The summed E-state index contributed by atoms with van der Waals surface area (Å²) in [6.07, 6.45) is 1.62. The first-order chi connectivity index (χ1) is 12.5. The van der Waals surface area contributed by atoms with Gasteiger partial charge in [0.15, 0.2) is 11.5 Å². The average molecular weight is 373 g/mol. The van der Waals surface area contributed by atoms with Gasteiger partial charge in [0.2, 0.25) is 0 Å². The minimum Gasteiger partial charge on any atom is -0.490 e. The molecule has 5 nitrogen and oxygen atoms in total. The van der Waals surface area contributed by atoms with Gasteiger partial charge in [-0.1, -0.05) is 18.2 Å². The summed E-state index contributed by atoms with van der Waals surface area (Å²) in [6, 6.07) is 11.3. The first-order valence-corrected chi connectivity index (χ1v) is 8.75. The lowest BCUT2D eigenvalue weighted by Gasteiger charge is -2.13. The Morgan fingerprint density at radius 1 is 1.08 bits per heavy atom. The summed E-state index contributed by atoms with van der Waals surface area (Å²) >= 11 is 0.859. The van der Waals surface area contributed by atoms with Crippen molar-refractivity contribution in [1.29, 1.82) is 0 Å². The van der Waals surface area contributed by atoms with Crippen molar-refractivity contribution in [2.75, 3.05) is 6.61 Å². The van der Waals surface area contributed by atoms with Crippen LogP contribution in [0.1, 0.15) is 18.1 Å². The van der Waals surface area contributed by atoms with Crippen molar-refractivity contribution in [3.63, 3.8) is 0 Å². The Labute approximate surface area is 154 Å². The predicted molar refractivity (Wildman–Crippen MR) is 97.4 cm³/mol. The molecule has 1 saturated heterocycles. The molecule has 0 radical (unpaired) electrons. The maximum absolute atomic E-state index is 13.0. The monoisotopic (exact) mass is 373 g/mol. The maximum Gasteiger partial charge on any atom is 0.290 e. The second-order valence-corrected chi connectivity index (χ2v) is 6.42. The van der Waals surface area contributed by atoms with E-state index in [4.69, 9.17) is 9.47 Å². The quantitative estimate of drug-likeness (QED) is 0.772. The van der Waals surface area contributed by atoms with Gasteiger partial charge < -0.3 is 9.47 Å². The van der Waals surface area contributed by atoms with Crippen molar-refractivity contribution < 1.29 is 23.5 Å². The third-order valence-corrected chi connectivity index (χ3v) is 4.33. The number of amides is 2. The molecular weight excluding hydrogens is 357 g/mol. The Kier molecular flexibility index (Phi) is 5.58. The van der Waals surface area contributed by atoms with E-state index < -0.39 is 5.91 Å². The smallest absolute Gasteiger partial charge is 0.290 e. The summed E-state index contributed by atoms with van der Waals surface area (Å²) < 4.78 is 24.3. The van der Waals surface area contributed by atoms with Gasteiger partial charge in [-0.05, 0) is 60.2 Å². The average Bonchev–Trinajstić information content (AvgIpc) is 2.93. The maximum atomic E-state index is 13.0. The van der Waals surface area contributed by atoms with E-state index in [-0.39, 0.29) is 17.7 Å². The summed E-state index contributed by atoms with van der Waals surface area (Å²) in [5.74, 6) is 0.361. The zero-order chi connectivity index (χ0) is 18.5. The van der Waals surface area contributed by atoms with E-state index in [1.165, 1.54) is 12.1 Å². The lowest BCUT2D eigenvalue weighted by atomic mass is 10.2. The molecule has 0 aliphatic carbocycles. The summed E-state index contributed by atoms with van der Waals surface area (Å²) in [4.78, 5) is 23.2. The summed E-state index contributed by atoms with van der Waals surface area (Å²) in [6.45, 7) is 2.57. The molecule has 0 aromatic heterocycles. The van der Waals surface area contributed by atoms with Crippen molar-refractivity contribution >= 4 is 29.0 Å². The molecule has 3 rings (SSSR count). The minimum atomic E-state index is -0.408. The predicted octanol–water partition coefficient (Wildman–Crippen LogP) is 4.13. The first kappa shape index (κ1) is 18.0. The molecule has 7 heteroatoms. The fourth-order valence-corrected chi connectivity index (χ4v) is 3.00. The van der Waals surface area contributed by atoms with E-state index in [0.717, 1.165) is 22.9 Å². The van der Waals surface area contributed by atoms with Gasteiger partial charge in [-0.3, -0.25) is 14.9 Å². The van der Waals surface area contributed by atoms with Crippen LogP contribution in [0.25, 0.3) is 6.08 Å². The number of rotatable bonds is 6. The summed E-state index contributed by atoms with van der Waals surface area (Å²) in [7, 11) is 0. The molecule has 1 aliphatic heterocycles. The molecule has 2 aromatic carbocycles. The molecule has 2 amide bonds. The van der Waals surface area contributed by atoms with Gasteiger partial charge in [0.1, 0.15) is 12.4 Å². The molecule has 26 heavy (non-hydrogen) atoms. The largest absolute Gasteiger partial charge is 0.490 e. The van der Waals surface area contributed by atoms with Gasteiger partial charge in [0.25, 0.3) is 11.1 Å². The number of nitrogens with one attached hydrogen (secondary N) is 1. The molecule has 1 heterocycles. The van der Waals surface area contributed by atoms with Crippen LogP contribution >= 0.6 is 11.8 Å². The molecule has 2 aromatic rings. The number of hydrogen-bond donors (Lipinski definition) is 1. The minimum absolute atomic E-state index is 0.271. The van der Waals surface area contributed by atoms with Crippen LogP contribution in [-0.4, -0.2) is 17.8 Å². The van der Waals surface area contributed by atoms with E-state index in [1.807, 2.05) is 6.92 Å². The molecule has 1 aliphatic rings. The van der Waals surface area contributed by atoms with Gasteiger partial charge in [0.05, 0.1) is 11.5 Å². The van der Waals surface area contributed by atoms with Crippen molar-refractivity contribution in [3.8, 4) is 11.5 Å². The van der Waals surface area contributed by atoms with Crippen LogP contribution in [0.3, 0.4) is 0 Å². The number of halogens is 1. The molecular formula is C19H16FNO4S. The van der Waals surface area contributed by atoms with E-state index in [9.17, 15) is 14.0 Å². The van der Waals surface area contributed by atoms with Crippen molar-refractivity contribution in [1.82, 2.24) is 5.32 Å². The highest BCUT2D eigenvalue weighted by Crippen LogP contribution is 2.32. The second-order valence-electron chi connectivity index (χ2n) is 5.41. The van der Waals surface area contributed by atoms with Gasteiger partial charge in [-0.15, -0.1) is 0 Å². The molecule has 1 fully saturated rings. The normalized spacial score (nSPS) is 15.2. The highest BCUT2D eigenvalue weighted by Gasteiger charge is 2.25. The van der Waals surface area contributed by atoms with Gasteiger partial charge in [-0.25, -0.2) is 4.39 Å². The van der Waals surface area contributed by atoms with Crippen molar-refractivity contribution in [2.24, 2.45) is 0 Å². The Morgan fingerprint density at radius 2 is 1.85 bits per heavy atom. The van der Waals surface area contributed by atoms with E-state index in [2.05, 4.69) is 5.32 Å². The fraction of sp³-hybridized carbons (Fsp3) is 0.158. The van der Waals surface area contributed by atoms with Crippen LogP contribution in [0.15, 0.2) is 47.4 Å². The Bertz CT molecular complexity index is 864. The van der Waals surface area contributed by atoms with E-state index in [1.54, 1.807) is 36.4 Å². The van der Waals surface area contributed by atoms with Crippen LogP contribution in [-0.2, 0) is 11.4 Å². The molecule has 0 bridgehead atoms. The first-order valence-electron chi connectivity index (χ1n) is 7.94. The zero-order valence-corrected chi connectivity index (χ0v) is 14.8. The third-order valence-electron chi connectivity index (χ3n) is 3.52. The number of benzene rings is 2. The fourth-order valence-electron chi connectivity index (χ4n) is 2.32. The topological polar surface area (TPSA) is 64.6 Å². The lowest BCUT2D eigenvalue weighted by molar-refractivity contribution is -0.115. The number of ether oxygens (including phenoxy) is 2. The SMILES string of the molecule is CCOc1cc(/C=C2\SC(=O)NC2=O)ccc1OCc1ccc(F)cc1.